The van der Waals surface area contributed by atoms with Crippen LogP contribution in [0.15, 0.2) is 23.6 Å². The number of thiazole rings is 1. The summed E-state index contributed by atoms with van der Waals surface area (Å²) in [5, 5.41) is 6.37. The van der Waals surface area contributed by atoms with Gasteiger partial charge in [0.05, 0.1) is 34.4 Å². The fourth-order valence-electron chi connectivity index (χ4n) is 3.08. The van der Waals surface area contributed by atoms with Crippen molar-refractivity contribution in [3.8, 4) is 0 Å². The highest BCUT2D eigenvalue weighted by Gasteiger charge is 2.22. The first-order valence-corrected chi connectivity index (χ1v) is 10.1. The second-order valence-corrected chi connectivity index (χ2v) is 8.24. The maximum absolute atomic E-state index is 12.2. The molecule has 1 saturated heterocycles. The number of carbonyl (C=O) groups excluding carboxylic acids is 1. The average Bonchev–Trinajstić information content (AvgIpc) is 2.96. The molecule has 0 bridgehead atoms. The van der Waals surface area contributed by atoms with E-state index in [-0.39, 0.29) is 24.5 Å². The second-order valence-electron chi connectivity index (χ2n) is 6.57. The Labute approximate surface area is 167 Å². The van der Waals surface area contributed by atoms with E-state index in [0.29, 0.717) is 15.2 Å². The number of nitrogens with one attached hydrogen (secondary N) is 1. The number of ether oxygens (including phenoxy) is 1. The van der Waals surface area contributed by atoms with Crippen molar-refractivity contribution in [1.29, 1.82) is 0 Å². The predicted molar refractivity (Wildman–Crippen MR) is 106 cm³/mol. The molecule has 1 fully saturated rings. The third-order valence-corrected chi connectivity index (χ3v) is 5.57. The summed E-state index contributed by atoms with van der Waals surface area (Å²) in [6.07, 6.45) is 0.676. The Balaban J connectivity index is 1.54. The molecule has 26 heavy (non-hydrogen) atoms. The van der Waals surface area contributed by atoms with E-state index in [1.54, 1.807) is 18.2 Å². The Morgan fingerprint density at radius 3 is 2.73 bits per heavy atom. The molecule has 140 valence electrons. The maximum atomic E-state index is 12.2. The lowest BCUT2D eigenvalue weighted by Crippen LogP contribution is -2.44. The number of rotatable bonds is 5. The summed E-state index contributed by atoms with van der Waals surface area (Å²) < 4.78 is 5.75. The van der Waals surface area contributed by atoms with Gasteiger partial charge in [-0.15, -0.1) is 11.3 Å². The van der Waals surface area contributed by atoms with Crippen LogP contribution < -0.4 is 5.32 Å². The molecular formula is C18H21Cl2N3O2S. The van der Waals surface area contributed by atoms with E-state index in [1.165, 1.54) is 11.3 Å². The van der Waals surface area contributed by atoms with Gasteiger partial charge in [-0.1, -0.05) is 29.3 Å². The van der Waals surface area contributed by atoms with E-state index in [4.69, 9.17) is 27.9 Å². The molecule has 5 nitrogen and oxygen atoms in total. The molecule has 1 N–H and O–H groups in total. The largest absolute Gasteiger partial charge is 0.373 e. The molecule has 0 spiro atoms. The van der Waals surface area contributed by atoms with E-state index in [2.05, 4.69) is 29.0 Å². The quantitative estimate of drug-likeness (QED) is 0.795. The lowest BCUT2D eigenvalue weighted by atomic mass is 10.1. The first kappa shape index (κ1) is 19.6. The number of nitrogens with zero attached hydrogens (tertiary/aromatic N) is 2. The van der Waals surface area contributed by atoms with E-state index in [9.17, 15) is 4.79 Å². The van der Waals surface area contributed by atoms with Crippen LogP contribution in [0.2, 0.25) is 10.0 Å². The monoisotopic (exact) mass is 413 g/mol. The minimum atomic E-state index is -0.127. The molecule has 0 saturated carbocycles. The summed E-state index contributed by atoms with van der Waals surface area (Å²) in [5.41, 5.74) is 1.77. The number of anilines is 1. The van der Waals surface area contributed by atoms with Crippen molar-refractivity contribution in [2.75, 3.05) is 18.4 Å². The first-order chi connectivity index (χ1) is 12.4. The Bertz CT molecular complexity index is 774. The molecule has 1 aromatic carbocycles. The number of morpholine rings is 1. The topological polar surface area (TPSA) is 54.5 Å². The van der Waals surface area contributed by atoms with Crippen molar-refractivity contribution in [1.82, 2.24) is 9.88 Å². The highest BCUT2D eigenvalue weighted by Crippen LogP contribution is 2.23. The fourth-order valence-corrected chi connectivity index (χ4v) is 4.12. The first-order valence-electron chi connectivity index (χ1n) is 8.45. The summed E-state index contributed by atoms with van der Waals surface area (Å²) in [6.45, 7) is 6.70. The van der Waals surface area contributed by atoms with E-state index >= 15 is 0 Å². The van der Waals surface area contributed by atoms with Gasteiger partial charge < -0.3 is 10.1 Å². The van der Waals surface area contributed by atoms with Crippen LogP contribution in [0.1, 0.15) is 25.1 Å². The van der Waals surface area contributed by atoms with Gasteiger partial charge in [0.25, 0.3) is 0 Å². The molecule has 0 unspecified atom stereocenters. The predicted octanol–water partition coefficient (Wildman–Crippen LogP) is 4.24. The Hall–Kier alpha value is -1.18. The van der Waals surface area contributed by atoms with Gasteiger partial charge in [0.15, 0.2) is 5.13 Å². The molecule has 1 aliphatic rings. The summed E-state index contributed by atoms with van der Waals surface area (Å²) in [4.78, 5) is 19.1. The molecule has 0 radical (unpaired) electrons. The maximum Gasteiger partial charge on any atom is 0.230 e. The third-order valence-electron chi connectivity index (χ3n) is 4.03. The van der Waals surface area contributed by atoms with E-state index < -0.39 is 0 Å². The standard InChI is InChI=1S/C18H21Cl2N3O2S/c1-11-7-23(8-12(2)25-11)9-14-10-26-18(21-14)22-17(24)6-13-3-4-15(19)16(20)5-13/h3-5,10-12H,6-9H2,1-2H3,(H,21,22,24)/t11-,12-/m0/s1. The van der Waals surface area contributed by atoms with Crippen LogP contribution in [-0.4, -0.2) is 41.1 Å². The summed E-state index contributed by atoms with van der Waals surface area (Å²) in [6, 6.07) is 5.19. The summed E-state index contributed by atoms with van der Waals surface area (Å²) >= 11 is 13.3. The van der Waals surface area contributed by atoms with Crippen molar-refractivity contribution in [3.05, 3.63) is 44.9 Å². The third kappa shape index (κ3) is 5.41. The fraction of sp³-hybridized carbons (Fsp3) is 0.444. The number of halogens is 2. The number of amides is 1. The van der Waals surface area contributed by atoms with Crippen molar-refractivity contribution in [2.45, 2.75) is 39.0 Å². The lowest BCUT2D eigenvalue weighted by molar-refractivity contribution is -0.115. The highest BCUT2D eigenvalue weighted by molar-refractivity contribution is 7.13. The van der Waals surface area contributed by atoms with Gasteiger partial charge in [-0.05, 0) is 31.5 Å². The molecule has 2 aromatic rings. The molecular weight excluding hydrogens is 393 g/mol. The van der Waals surface area contributed by atoms with Crippen LogP contribution in [0.25, 0.3) is 0 Å². The minimum Gasteiger partial charge on any atom is -0.373 e. The average molecular weight is 414 g/mol. The zero-order valence-electron chi connectivity index (χ0n) is 14.7. The Kier molecular flexibility index (Phi) is 6.53. The van der Waals surface area contributed by atoms with Crippen LogP contribution in [0, 0.1) is 0 Å². The van der Waals surface area contributed by atoms with Gasteiger partial charge in [0.2, 0.25) is 5.91 Å². The smallest absolute Gasteiger partial charge is 0.230 e. The minimum absolute atomic E-state index is 0.127. The molecule has 1 aliphatic heterocycles. The van der Waals surface area contributed by atoms with E-state index in [1.807, 2.05) is 5.38 Å². The van der Waals surface area contributed by atoms with Gasteiger partial charge in [0, 0.05) is 25.0 Å². The van der Waals surface area contributed by atoms with Gasteiger partial charge in [-0.25, -0.2) is 4.98 Å². The molecule has 2 atom stereocenters. The highest BCUT2D eigenvalue weighted by atomic mass is 35.5. The van der Waals surface area contributed by atoms with Crippen molar-refractivity contribution in [3.63, 3.8) is 0 Å². The number of aromatic nitrogens is 1. The van der Waals surface area contributed by atoms with Gasteiger partial charge in [0.1, 0.15) is 0 Å². The van der Waals surface area contributed by atoms with E-state index in [0.717, 1.165) is 30.9 Å². The van der Waals surface area contributed by atoms with Crippen molar-refractivity contribution in [2.24, 2.45) is 0 Å². The molecule has 1 amide bonds. The Morgan fingerprint density at radius 2 is 2.04 bits per heavy atom. The van der Waals surface area contributed by atoms with Crippen LogP contribution in [0.4, 0.5) is 5.13 Å². The lowest BCUT2D eigenvalue weighted by Gasteiger charge is -2.34. The SMILES string of the molecule is C[C@H]1CN(Cc2csc(NC(=O)Cc3ccc(Cl)c(Cl)c3)n2)C[C@H](C)O1. The van der Waals surface area contributed by atoms with Gasteiger partial charge in [-0.3, -0.25) is 9.69 Å². The van der Waals surface area contributed by atoms with Gasteiger partial charge in [-0.2, -0.15) is 0 Å². The number of hydrogen-bond acceptors (Lipinski definition) is 5. The zero-order chi connectivity index (χ0) is 18.7. The second kappa shape index (κ2) is 8.67. The van der Waals surface area contributed by atoms with Crippen molar-refractivity contribution < 1.29 is 9.53 Å². The van der Waals surface area contributed by atoms with Gasteiger partial charge >= 0.3 is 0 Å². The van der Waals surface area contributed by atoms with Crippen LogP contribution in [0.5, 0.6) is 0 Å². The number of benzene rings is 1. The zero-order valence-corrected chi connectivity index (χ0v) is 17.0. The van der Waals surface area contributed by atoms with Crippen molar-refractivity contribution >= 4 is 45.6 Å². The molecule has 8 heteroatoms. The normalized spacial score (nSPS) is 20.9. The summed E-state index contributed by atoms with van der Waals surface area (Å²) in [5.74, 6) is -0.127. The Morgan fingerprint density at radius 1 is 1.31 bits per heavy atom. The number of carbonyl (C=O) groups is 1. The molecule has 0 aliphatic carbocycles. The van der Waals surface area contributed by atoms with Crippen LogP contribution in [0.3, 0.4) is 0 Å². The number of hydrogen-bond donors (Lipinski definition) is 1. The van der Waals surface area contributed by atoms with Crippen LogP contribution >= 0.6 is 34.5 Å². The molecule has 2 heterocycles. The molecule has 3 rings (SSSR count). The summed E-state index contributed by atoms with van der Waals surface area (Å²) in [7, 11) is 0. The molecule has 1 aromatic heterocycles. The van der Waals surface area contributed by atoms with Crippen LogP contribution in [-0.2, 0) is 22.5 Å².